The summed E-state index contributed by atoms with van der Waals surface area (Å²) in [6.07, 6.45) is -0.384. The number of carbonyl (C=O) groups excluding carboxylic acids is 2. The fourth-order valence-corrected chi connectivity index (χ4v) is 1.94. The molecule has 9 heteroatoms. The van der Waals surface area contributed by atoms with Gasteiger partial charge in [0.1, 0.15) is 6.61 Å². The maximum atomic E-state index is 12.3. The van der Waals surface area contributed by atoms with Gasteiger partial charge in [0.25, 0.3) is 5.91 Å². The summed E-state index contributed by atoms with van der Waals surface area (Å²) in [7, 11) is 1.26. The maximum absolute atomic E-state index is 12.3. The number of amides is 1. The summed E-state index contributed by atoms with van der Waals surface area (Å²) in [6.45, 7) is 2.65. The quantitative estimate of drug-likeness (QED) is 0.848. The lowest BCUT2D eigenvalue weighted by molar-refractivity contribution is -0.144. The monoisotopic (exact) mass is 348 g/mol. The molecule has 2 rings (SSSR count). The van der Waals surface area contributed by atoms with Gasteiger partial charge in [0.2, 0.25) is 0 Å². The first-order valence-corrected chi connectivity index (χ1v) is 7.24. The number of nitrogens with zero attached hydrogens (tertiary/aromatic N) is 1. The summed E-state index contributed by atoms with van der Waals surface area (Å²) in [4.78, 5) is 24.8. The summed E-state index contributed by atoms with van der Waals surface area (Å²) < 4.78 is 47.0. The molecule has 0 aromatic carbocycles. The van der Waals surface area contributed by atoms with Crippen LogP contribution in [0.25, 0.3) is 0 Å². The molecule has 1 atom stereocenters. The Morgan fingerprint density at radius 2 is 2.17 bits per heavy atom. The van der Waals surface area contributed by atoms with Crippen LogP contribution in [0.5, 0.6) is 0 Å². The zero-order chi connectivity index (χ0) is 18.2. The minimum Gasteiger partial charge on any atom is -0.463 e. The maximum Gasteiger partial charge on any atom is 0.417 e. The molecule has 1 aromatic heterocycles. The topological polar surface area (TPSA) is 77.5 Å². The second-order valence-electron chi connectivity index (χ2n) is 4.94. The third kappa shape index (κ3) is 6.53. The van der Waals surface area contributed by atoms with E-state index in [1.54, 1.807) is 0 Å². The highest BCUT2D eigenvalue weighted by Crippen LogP contribution is 2.31. The zero-order valence-electron chi connectivity index (χ0n) is 13.4. The third-order valence-corrected chi connectivity index (χ3v) is 3.09. The van der Waals surface area contributed by atoms with E-state index in [9.17, 15) is 22.8 Å². The first-order chi connectivity index (χ1) is 11.3. The van der Waals surface area contributed by atoms with Gasteiger partial charge in [-0.25, -0.2) is 0 Å². The molecule has 0 bridgehead atoms. The first-order valence-electron chi connectivity index (χ1n) is 7.24. The lowest BCUT2D eigenvalue weighted by Gasteiger charge is -2.10. The van der Waals surface area contributed by atoms with Crippen LogP contribution in [0.2, 0.25) is 0 Å². The molecule has 0 spiro atoms. The molecule has 24 heavy (non-hydrogen) atoms. The number of rotatable bonds is 3. The molecule has 1 aliphatic heterocycles. The number of ether oxygens (including phenoxy) is 2. The minimum atomic E-state index is -4.54. The highest BCUT2D eigenvalue weighted by Gasteiger charge is 2.34. The second kappa shape index (κ2) is 9.21. The van der Waals surface area contributed by atoms with Gasteiger partial charge in [-0.05, 0) is 18.9 Å². The zero-order valence-corrected chi connectivity index (χ0v) is 13.4. The van der Waals surface area contributed by atoms with Crippen molar-refractivity contribution in [2.24, 2.45) is 0 Å². The summed E-state index contributed by atoms with van der Waals surface area (Å²) in [5.74, 6) is -1.03. The number of esters is 1. The highest BCUT2D eigenvalue weighted by atomic mass is 19.4. The lowest BCUT2D eigenvalue weighted by Crippen LogP contribution is -2.22. The Morgan fingerprint density at radius 1 is 1.46 bits per heavy atom. The Hall–Kier alpha value is -2.16. The number of hydrogen-bond acceptors (Lipinski definition) is 5. The van der Waals surface area contributed by atoms with Gasteiger partial charge in [-0.3, -0.25) is 14.6 Å². The van der Waals surface area contributed by atoms with Crippen LogP contribution in [-0.4, -0.2) is 43.2 Å². The average molecular weight is 348 g/mol. The van der Waals surface area contributed by atoms with Crippen LogP contribution in [-0.2, 0) is 20.4 Å². The number of halogens is 3. The number of carbonyl (C=O) groups is 2. The molecule has 1 saturated heterocycles. The van der Waals surface area contributed by atoms with E-state index in [4.69, 9.17) is 9.47 Å². The Bertz CT molecular complexity index is 558. The molecule has 2 heterocycles. The fourth-order valence-electron chi connectivity index (χ4n) is 1.94. The highest BCUT2D eigenvalue weighted by molar-refractivity contribution is 5.95. The van der Waals surface area contributed by atoms with E-state index in [-0.39, 0.29) is 12.1 Å². The van der Waals surface area contributed by atoms with Crippen molar-refractivity contribution in [3.8, 4) is 0 Å². The van der Waals surface area contributed by atoms with E-state index in [2.05, 4.69) is 10.3 Å². The van der Waals surface area contributed by atoms with Gasteiger partial charge in [-0.2, -0.15) is 13.2 Å². The molecule has 0 radical (unpaired) electrons. The predicted molar refractivity (Wildman–Crippen MR) is 78.2 cm³/mol. The van der Waals surface area contributed by atoms with Crippen LogP contribution in [0.3, 0.4) is 0 Å². The van der Waals surface area contributed by atoms with Gasteiger partial charge in [0.15, 0.2) is 0 Å². The van der Waals surface area contributed by atoms with E-state index < -0.39 is 23.2 Å². The van der Waals surface area contributed by atoms with Crippen molar-refractivity contribution >= 4 is 11.9 Å². The van der Waals surface area contributed by atoms with Crippen molar-refractivity contribution in [3.63, 3.8) is 0 Å². The second-order valence-corrected chi connectivity index (χ2v) is 4.94. The van der Waals surface area contributed by atoms with E-state index in [1.165, 1.54) is 14.0 Å². The Labute approximate surface area is 137 Å². The van der Waals surface area contributed by atoms with E-state index >= 15 is 0 Å². The van der Waals surface area contributed by atoms with Crippen molar-refractivity contribution in [3.05, 3.63) is 29.6 Å². The third-order valence-electron chi connectivity index (χ3n) is 3.09. The SMILES string of the molecule is CC(=O)OCC1CCCO1.CNC(=O)c1cnccc1C(F)(F)F. The van der Waals surface area contributed by atoms with Crippen molar-refractivity contribution in [2.75, 3.05) is 20.3 Å². The van der Waals surface area contributed by atoms with E-state index in [0.29, 0.717) is 6.61 Å². The number of nitrogens with one attached hydrogen (secondary N) is 1. The van der Waals surface area contributed by atoms with Crippen molar-refractivity contribution in [1.82, 2.24) is 10.3 Å². The average Bonchev–Trinajstić information content (AvgIpc) is 3.05. The summed E-state index contributed by atoms with van der Waals surface area (Å²) in [5.41, 5.74) is -1.45. The normalized spacial score (nSPS) is 16.8. The summed E-state index contributed by atoms with van der Waals surface area (Å²) in [6, 6.07) is 0.768. The van der Waals surface area contributed by atoms with Crippen LogP contribution in [0.15, 0.2) is 18.5 Å². The standard InChI is InChI=1S/C8H7F3N2O.C7H12O3/c1-12-7(14)5-4-13-3-2-6(5)8(9,10)11;1-6(8)10-5-7-3-2-4-9-7/h2-4H,1H3,(H,12,14);7H,2-5H2,1H3. The summed E-state index contributed by atoms with van der Waals surface area (Å²) >= 11 is 0. The molecule has 1 fully saturated rings. The minimum absolute atomic E-state index is 0.156. The van der Waals surface area contributed by atoms with Gasteiger partial charge in [-0.1, -0.05) is 0 Å². The largest absolute Gasteiger partial charge is 0.463 e. The molecule has 0 aliphatic carbocycles. The van der Waals surface area contributed by atoms with Gasteiger partial charge in [0, 0.05) is 33.0 Å². The molecule has 1 N–H and O–H groups in total. The van der Waals surface area contributed by atoms with Gasteiger partial charge in [0.05, 0.1) is 17.2 Å². The molecule has 1 unspecified atom stereocenters. The Balaban J connectivity index is 0.000000254. The molecule has 1 aliphatic rings. The Kier molecular flexibility index (Phi) is 7.63. The lowest BCUT2D eigenvalue weighted by atomic mass is 10.1. The fraction of sp³-hybridized carbons (Fsp3) is 0.533. The van der Waals surface area contributed by atoms with Gasteiger partial charge < -0.3 is 14.8 Å². The predicted octanol–water partition coefficient (Wildman–Crippen LogP) is 2.19. The first kappa shape index (κ1) is 19.9. The van der Waals surface area contributed by atoms with Crippen LogP contribution in [0.1, 0.15) is 35.7 Å². The van der Waals surface area contributed by atoms with Crippen LogP contribution >= 0.6 is 0 Å². The number of pyridine rings is 1. The number of hydrogen-bond donors (Lipinski definition) is 1. The number of alkyl halides is 3. The van der Waals surface area contributed by atoms with Gasteiger partial charge in [-0.15, -0.1) is 0 Å². The van der Waals surface area contributed by atoms with Crippen molar-refractivity contribution in [1.29, 1.82) is 0 Å². The molecular weight excluding hydrogens is 329 g/mol. The van der Waals surface area contributed by atoms with Crippen LogP contribution < -0.4 is 5.32 Å². The van der Waals surface area contributed by atoms with Gasteiger partial charge >= 0.3 is 12.1 Å². The molecule has 6 nitrogen and oxygen atoms in total. The van der Waals surface area contributed by atoms with Crippen molar-refractivity contribution in [2.45, 2.75) is 32.0 Å². The summed E-state index contributed by atoms with van der Waals surface area (Å²) in [5, 5.41) is 2.11. The molecule has 134 valence electrons. The Morgan fingerprint density at radius 3 is 2.67 bits per heavy atom. The van der Waals surface area contributed by atoms with Crippen LogP contribution in [0.4, 0.5) is 13.2 Å². The van der Waals surface area contributed by atoms with Crippen LogP contribution in [0, 0.1) is 0 Å². The smallest absolute Gasteiger partial charge is 0.417 e. The molecule has 0 saturated carbocycles. The van der Waals surface area contributed by atoms with Crippen molar-refractivity contribution < 1.29 is 32.2 Å². The van der Waals surface area contributed by atoms with E-state index in [0.717, 1.165) is 37.9 Å². The molecule has 1 amide bonds. The molecule has 1 aromatic rings. The number of aromatic nitrogens is 1. The van der Waals surface area contributed by atoms with E-state index in [1.807, 2.05) is 0 Å². The molecular formula is C15H19F3N2O4.